The maximum Gasteiger partial charge on any atom is 0.325 e. The highest BCUT2D eigenvalue weighted by Gasteiger charge is 2.33. The number of benzene rings is 2. The summed E-state index contributed by atoms with van der Waals surface area (Å²) in [6.07, 6.45) is 5.85. The molecule has 0 spiro atoms. The van der Waals surface area contributed by atoms with Crippen LogP contribution in [0.1, 0.15) is 78.4 Å². The van der Waals surface area contributed by atoms with Gasteiger partial charge in [0.15, 0.2) is 5.92 Å². The van der Waals surface area contributed by atoms with Crippen LogP contribution in [0.2, 0.25) is 0 Å². The second-order valence-corrected chi connectivity index (χ2v) is 12.0. The number of unbranched alkanes of at least 4 members (excludes halogenated alkanes) is 1. The van der Waals surface area contributed by atoms with Crippen molar-refractivity contribution in [2.45, 2.75) is 91.3 Å². The molecule has 0 bridgehead atoms. The van der Waals surface area contributed by atoms with E-state index in [2.05, 4.69) is 13.2 Å². The van der Waals surface area contributed by atoms with Crippen LogP contribution in [-0.2, 0) is 36.7 Å². The van der Waals surface area contributed by atoms with E-state index in [-0.39, 0.29) is 30.3 Å². The molecule has 1 atom stereocenters. The standard InChI is InChI=1S/C34H44O7/c1-9-13-23-17-19-28(35)26(21-23)27-22-24(14-10-2)18-20-29(27)39-31(37)25(32(38)41-34(6,7)8)15-11-12-16-30(36)40-33(3,4)5/h9-10,17-22,25,35H,1-2,11-16H2,3-8H3/t25-/m0/s1. The molecule has 1 N–H and O–H groups in total. The van der Waals surface area contributed by atoms with Crippen LogP contribution in [0.25, 0.3) is 11.1 Å². The molecular weight excluding hydrogens is 520 g/mol. The molecule has 2 rings (SSSR count). The van der Waals surface area contributed by atoms with E-state index in [1.165, 1.54) is 0 Å². The fourth-order valence-corrected chi connectivity index (χ4v) is 4.16. The molecule has 0 heterocycles. The number of carbonyl (C=O) groups is 3. The minimum Gasteiger partial charge on any atom is -0.507 e. The van der Waals surface area contributed by atoms with Crippen LogP contribution in [0.4, 0.5) is 0 Å². The highest BCUT2D eigenvalue weighted by molar-refractivity contribution is 5.96. The van der Waals surface area contributed by atoms with E-state index in [4.69, 9.17) is 14.2 Å². The van der Waals surface area contributed by atoms with Crippen molar-refractivity contribution < 1.29 is 33.7 Å². The van der Waals surface area contributed by atoms with Gasteiger partial charge in [0.25, 0.3) is 0 Å². The molecule has 0 unspecified atom stereocenters. The lowest BCUT2D eigenvalue weighted by atomic mass is 9.97. The van der Waals surface area contributed by atoms with E-state index in [9.17, 15) is 19.5 Å². The Hall–Kier alpha value is -3.87. The first kappa shape index (κ1) is 33.3. The molecule has 2 aromatic rings. The zero-order valence-electron chi connectivity index (χ0n) is 25.2. The van der Waals surface area contributed by atoms with Crippen LogP contribution in [-0.4, -0.2) is 34.2 Å². The highest BCUT2D eigenvalue weighted by atomic mass is 16.6. The zero-order chi connectivity index (χ0) is 30.8. The fraction of sp³-hybridized carbons (Fsp3) is 0.441. The minimum absolute atomic E-state index is 0.0247. The SMILES string of the molecule is C=CCc1ccc(O)c(-c2cc(CC=C)ccc2OC(=O)[C@H](CCCCC(=O)OC(C)(C)C)C(=O)OC(C)(C)C)c1. The van der Waals surface area contributed by atoms with Gasteiger partial charge in [-0.3, -0.25) is 14.4 Å². The minimum atomic E-state index is -1.20. The normalized spacial score (nSPS) is 12.2. The highest BCUT2D eigenvalue weighted by Crippen LogP contribution is 2.38. The fourth-order valence-electron chi connectivity index (χ4n) is 4.16. The number of phenolic OH excluding ortho intramolecular Hbond substituents is 1. The summed E-state index contributed by atoms with van der Waals surface area (Å²) in [4.78, 5) is 38.7. The first-order valence-electron chi connectivity index (χ1n) is 14.0. The Morgan fingerprint density at radius 3 is 1.93 bits per heavy atom. The number of allylic oxidation sites excluding steroid dienone is 2. The maximum atomic E-state index is 13.5. The lowest BCUT2D eigenvalue weighted by molar-refractivity contribution is -0.166. The molecule has 7 heteroatoms. The van der Waals surface area contributed by atoms with Crippen molar-refractivity contribution in [3.8, 4) is 22.6 Å². The summed E-state index contributed by atoms with van der Waals surface area (Å²) in [6, 6.07) is 10.5. The molecule has 222 valence electrons. The molecular formula is C34H44O7. The number of esters is 3. The van der Waals surface area contributed by atoms with Gasteiger partial charge in [-0.25, -0.2) is 0 Å². The largest absolute Gasteiger partial charge is 0.507 e. The molecule has 0 radical (unpaired) electrons. The van der Waals surface area contributed by atoms with Crippen LogP contribution in [0, 0.1) is 5.92 Å². The topological polar surface area (TPSA) is 99.1 Å². The summed E-state index contributed by atoms with van der Waals surface area (Å²) < 4.78 is 16.7. The molecule has 0 saturated carbocycles. The Labute approximate surface area is 244 Å². The van der Waals surface area contributed by atoms with E-state index < -0.39 is 29.1 Å². The Balaban J connectivity index is 2.35. The number of hydrogen-bond acceptors (Lipinski definition) is 7. The van der Waals surface area contributed by atoms with Crippen LogP contribution in [0.15, 0.2) is 61.7 Å². The molecule has 2 aromatic carbocycles. The van der Waals surface area contributed by atoms with E-state index >= 15 is 0 Å². The van der Waals surface area contributed by atoms with E-state index in [1.807, 2.05) is 18.2 Å². The molecule has 41 heavy (non-hydrogen) atoms. The molecule has 7 nitrogen and oxygen atoms in total. The van der Waals surface area contributed by atoms with E-state index in [0.29, 0.717) is 36.8 Å². The van der Waals surface area contributed by atoms with Crippen LogP contribution in [0.3, 0.4) is 0 Å². The van der Waals surface area contributed by atoms with Crippen LogP contribution < -0.4 is 4.74 Å². The van der Waals surface area contributed by atoms with E-state index in [0.717, 1.165) is 11.1 Å². The third-order valence-electron chi connectivity index (χ3n) is 5.89. The van der Waals surface area contributed by atoms with Crippen molar-refractivity contribution >= 4 is 17.9 Å². The van der Waals surface area contributed by atoms with Gasteiger partial charge < -0.3 is 19.3 Å². The average molecular weight is 565 g/mol. The van der Waals surface area contributed by atoms with Crippen molar-refractivity contribution in [2.75, 3.05) is 0 Å². The second-order valence-electron chi connectivity index (χ2n) is 12.0. The van der Waals surface area contributed by atoms with Gasteiger partial charge in [-0.05, 0) is 103 Å². The lowest BCUT2D eigenvalue weighted by Crippen LogP contribution is -2.35. The molecule has 0 fully saturated rings. The van der Waals surface area contributed by atoms with Gasteiger partial charge in [0, 0.05) is 17.5 Å². The van der Waals surface area contributed by atoms with Crippen molar-refractivity contribution in [3.05, 3.63) is 72.8 Å². The zero-order valence-corrected chi connectivity index (χ0v) is 25.2. The first-order chi connectivity index (χ1) is 19.1. The molecule has 0 aliphatic carbocycles. The summed E-state index contributed by atoms with van der Waals surface area (Å²) >= 11 is 0. The third-order valence-corrected chi connectivity index (χ3v) is 5.89. The first-order valence-corrected chi connectivity index (χ1v) is 14.0. The van der Waals surface area contributed by atoms with Gasteiger partial charge in [0.05, 0.1) is 0 Å². The van der Waals surface area contributed by atoms with Crippen molar-refractivity contribution in [1.29, 1.82) is 0 Å². The van der Waals surface area contributed by atoms with Gasteiger partial charge in [0.2, 0.25) is 0 Å². The predicted octanol–water partition coefficient (Wildman–Crippen LogP) is 7.28. The van der Waals surface area contributed by atoms with Crippen molar-refractivity contribution in [3.63, 3.8) is 0 Å². The summed E-state index contributed by atoms with van der Waals surface area (Å²) in [5.41, 5.74) is 1.45. The summed E-state index contributed by atoms with van der Waals surface area (Å²) in [5.74, 6) is -2.77. The van der Waals surface area contributed by atoms with Crippen LogP contribution in [0.5, 0.6) is 11.5 Å². The Bertz CT molecular complexity index is 1240. The van der Waals surface area contributed by atoms with Crippen LogP contribution >= 0.6 is 0 Å². The second kappa shape index (κ2) is 14.7. The maximum absolute atomic E-state index is 13.5. The van der Waals surface area contributed by atoms with Gasteiger partial charge in [0.1, 0.15) is 22.7 Å². The number of hydrogen-bond donors (Lipinski definition) is 1. The Morgan fingerprint density at radius 2 is 1.37 bits per heavy atom. The Morgan fingerprint density at radius 1 is 0.805 bits per heavy atom. The third kappa shape index (κ3) is 11.3. The number of ether oxygens (including phenoxy) is 3. The molecule has 0 aromatic heterocycles. The average Bonchev–Trinajstić information content (AvgIpc) is 2.84. The smallest absolute Gasteiger partial charge is 0.325 e. The van der Waals surface area contributed by atoms with Gasteiger partial charge in [-0.15, -0.1) is 13.2 Å². The molecule has 0 aliphatic heterocycles. The predicted molar refractivity (Wildman–Crippen MR) is 161 cm³/mol. The number of phenols is 1. The number of aromatic hydroxyl groups is 1. The van der Waals surface area contributed by atoms with Gasteiger partial charge in [-0.2, -0.15) is 0 Å². The quantitative estimate of drug-likeness (QED) is 0.0897. The number of carbonyl (C=O) groups excluding carboxylic acids is 3. The summed E-state index contributed by atoms with van der Waals surface area (Å²) in [6.45, 7) is 18.2. The lowest BCUT2D eigenvalue weighted by Gasteiger charge is -2.23. The van der Waals surface area contributed by atoms with Crippen molar-refractivity contribution in [1.82, 2.24) is 0 Å². The summed E-state index contributed by atoms with van der Waals surface area (Å²) in [5, 5.41) is 10.7. The van der Waals surface area contributed by atoms with Crippen molar-refractivity contribution in [2.24, 2.45) is 5.92 Å². The summed E-state index contributed by atoms with van der Waals surface area (Å²) in [7, 11) is 0. The number of rotatable bonds is 13. The Kier molecular flexibility index (Phi) is 11.9. The molecule has 0 saturated heterocycles. The monoisotopic (exact) mass is 564 g/mol. The van der Waals surface area contributed by atoms with E-state index in [1.54, 1.807) is 71.9 Å². The van der Waals surface area contributed by atoms with Gasteiger partial charge in [-0.1, -0.05) is 30.7 Å². The molecule has 0 amide bonds. The van der Waals surface area contributed by atoms with Gasteiger partial charge >= 0.3 is 17.9 Å². The molecule has 0 aliphatic rings.